The smallest absolute Gasteiger partial charge is 0.240 e. The first-order valence-corrected chi connectivity index (χ1v) is 4.28. The van der Waals surface area contributed by atoms with Crippen LogP contribution in [-0.2, 0) is 4.79 Å². The second-order valence-electron chi connectivity index (χ2n) is 2.67. The molecule has 0 bridgehead atoms. The van der Waals surface area contributed by atoms with E-state index in [4.69, 9.17) is 0 Å². The molecule has 1 rings (SSSR count). The van der Waals surface area contributed by atoms with Gasteiger partial charge in [0.1, 0.15) is 0 Å². The minimum Gasteiger partial charge on any atom is -0.360 e. The summed E-state index contributed by atoms with van der Waals surface area (Å²) in [6.45, 7) is 1.95. The highest BCUT2D eigenvalue weighted by molar-refractivity contribution is 5.80. The summed E-state index contributed by atoms with van der Waals surface area (Å²) in [5.74, 6) is -0.0506. The number of carbonyl (C=O) groups excluding carboxylic acids is 1. The van der Waals surface area contributed by atoms with Gasteiger partial charge in [-0.25, -0.2) is 5.43 Å². The van der Waals surface area contributed by atoms with E-state index in [1.54, 1.807) is 12.4 Å². The maximum Gasteiger partial charge on any atom is 0.240 e. The van der Waals surface area contributed by atoms with Crippen LogP contribution in [-0.4, -0.2) is 17.1 Å². The molecule has 0 saturated heterocycles. The molecule has 0 unspecified atom stereocenters. The van der Waals surface area contributed by atoms with Gasteiger partial charge in [-0.05, 0) is 18.6 Å². The van der Waals surface area contributed by atoms with Crippen molar-refractivity contribution in [2.24, 2.45) is 5.10 Å². The monoisotopic (exact) mass is 179 g/mol. The SMILES string of the molecule is CCCC(=O)N/N=C\c1ccc[nH]1. The van der Waals surface area contributed by atoms with Gasteiger partial charge in [0, 0.05) is 12.6 Å². The Bertz CT molecular complexity index is 277. The lowest BCUT2D eigenvalue weighted by Gasteiger charge is -1.94. The molecule has 0 aliphatic carbocycles. The number of hydrogen-bond donors (Lipinski definition) is 2. The summed E-state index contributed by atoms with van der Waals surface area (Å²) in [6.07, 6.45) is 4.73. The Morgan fingerprint density at radius 3 is 3.23 bits per heavy atom. The van der Waals surface area contributed by atoms with Gasteiger partial charge in [-0.3, -0.25) is 4.79 Å². The molecule has 70 valence electrons. The van der Waals surface area contributed by atoms with E-state index in [0.717, 1.165) is 12.1 Å². The zero-order valence-corrected chi connectivity index (χ0v) is 7.58. The number of nitrogens with one attached hydrogen (secondary N) is 2. The van der Waals surface area contributed by atoms with E-state index in [-0.39, 0.29) is 5.91 Å². The van der Waals surface area contributed by atoms with E-state index in [1.165, 1.54) is 0 Å². The van der Waals surface area contributed by atoms with Crippen LogP contribution >= 0.6 is 0 Å². The van der Waals surface area contributed by atoms with Gasteiger partial charge in [0.25, 0.3) is 0 Å². The maximum atomic E-state index is 10.9. The van der Waals surface area contributed by atoms with Crippen LogP contribution in [0, 0.1) is 0 Å². The van der Waals surface area contributed by atoms with Gasteiger partial charge >= 0.3 is 0 Å². The van der Waals surface area contributed by atoms with Gasteiger partial charge < -0.3 is 4.98 Å². The molecule has 1 heterocycles. The van der Waals surface area contributed by atoms with E-state index >= 15 is 0 Å². The molecular weight excluding hydrogens is 166 g/mol. The number of aromatic amines is 1. The van der Waals surface area contributed by atoms with Crippen molar-refractivity contribution < 1.29 is 4.79 Å². The molecule has 0 aliphatic heterocycles. The van der Waals surface area contributed by atoms with Crippen molar-refractivity contribution in [1.82, 2.24) is 10.4 Å². The molecule has 0 atom stereocenters. The lowest BCUT2D eigenvalue weighted by atomic mass is 10.3. The topological polar surface area (TPSA) is 57.2 Å². The summed E-state index contributed by atoms with van der Waals surface area (Å²) in [4.78, 5) is 13.9. The van der Waals surface area contributed by atoms with Crippen molar-refractivity contribution in [2.75, 3.05) is 0 Å². The Balaban J connectivity index is 2.30. The first-order valence-electron chi connectivity index (χ1n) is 4.28. The Hall–Kier alpha value is -1.58. The van der Waals surface area contributed by atoms with Crippen LogP contribution in [0.2, 0.25) is 0 Å². The van der Waals surface area contributed by atoms with Gasteiger partial charge in [0.2, 0.25) is 5.91 Å². The van der Waals surface area contributed by atoms with E-state index in [2.05, 4.69) is 15.5 Å². The number of hydrogen-bond acceptors (Lipinski definition) is 2. The zero-order chi connectivity index (χ0) is 9.52. The lowest BCUT2D eigenvalue weighted by molar-refractivity contribution is -0.121. The molecule has 1 aromatic rings. The van der Waals surface area contributed by atoms with Crippen LogP contribution in [0.3, 0.4) is 0 Å². The number of aromatic nitrogens is 1. The normalized spacial score (nSPS) is 10.5. The molecule has 0 spiro atoms. The van der Waals surface area contributed by atoms with Gasteiger partial charge in [-0.1, -0.05) is 6.92 Å². The molecule has 0 saturated carbocycles. The third kappa shape index (κ3) is 3.55. The van der Waals surface area contributed by atoms with E-state index in [9.17, 15) is 4.79 Å². The highest BCUT2D eigenvalue weighted by atomic mass is 16.2. The molecule has 0 aromatic carbocycles. The molecule has 2 N–H and O–H groups in total. The first-order chi connectivity index (χ1) is 6.33. The number of nitrogens with zero attached hydrogens (tertiary/aromatic N) is 1. The standard InChI is InChI=1S/C9H13N3O/c1-2-4-9(13)12-11-7-8-5-3-6-10-8/h3,5-7,10H,2,4H2,1H3,(H,12,13)/b11-7-. The second kappa shape index (κ2) is 5.13. The molecule has 0 aliphatic rings. The van der Waals surface area contributed by atoms with Crippen molar-refractivity contribution in [3.8, 4) is 0 Å². The van der Waals surface area contributed by atoms with Crippen LogP contribution in [0.15, 0.2) is 23.4 Å². The Kier molecular flexibility index (Phi) is 3.75. The Labute approximate surface area is 77.0 Å². The summed E-state index contributed by atoms with van der Waals surface area (Å²) in [5, 5.41) is 3.78. The van der Waals surface area contributed by atoms with Crippen LogP contribution < -0.4 is 5.43 Å². The summed E-state index contributed by atoms with van der Waals surface area (Å²) < 4.78 is 0. The maximum absolute atomic E-state index is 10.9. The van der Waals surface area contributed by atoms with Crippen LogP contribution in [0.1, 0.15) is 25.5 Å². The van der Waals surface area contributed by atoms with Crippen molar-refractivity contribution in [3.05, 3.63) is 24.0 Å². The van der Waals surface area contributed by atoms with Gasteiger partial charge in [0.15, 0.2) is 0 Å². The first kappa shape index (κ1) is 9.51. The van der Waals surface area contributed by atoms with Crippen molar-refractivity contribution in [3.63, 3.8) is 0 Å². The number of H-pyrrole nitrogens is 1. The zero-order valence-electron chi connectivity index (χ0n) is 7.58. The summed E-state index contributed by atoms with van der Waals surface area (Å²) in [6, 6.07) is 3.74. The molecule has 13 heavy (non-hydrogen) atoms. The Morgan fingerprint density at radius 1 is 1.77 bits per heavy atom. The lowest BCUT2D eigenvalue weighted by Crippen LogP contribution is -2.16. The van der Waals surface area contributed by atoms with Crippen LogP contribution in [0.5, 0.6) is 0 Å². The second-order valence-corrected chi connectivity index (χ2v) is 2.67. The fourth-order valence-electron chi connectivity index (χ4n) is 0.881. The van der Waals surface area contributed by atoms with Crippen molar-refractivity contribution >= 4 is 12.1 Å². The minimum atomic E-state index is -0.0506. The van der Waals surface area contributed by atoms with Gasteiger partial charge in [-0.2, -0.15) is 5.10 Å². The van der Waals surface area contributed by atoms with Crippen LogP contribution in [0.25, 0.3) is 0 Å². The highest BCUT2D eigenvalue weighted by Crippen LogP contribution is 1.89. The number of rotatable bonds is 4. The molecule has 4 heteroatoms. The van der Waals surface area contributed by atoms with Gasteiger partial charge in [0.05, 0.1) is 11.9 Å². The van der Waals surface area contributed by atoms with Crippen molar-refractivity contribution in [1.29, 1.82) is 0 Å². The summed E-state index contributed by atoms with van der Waals surface area (Å²) in [7, 11) is 0. The fourth-order valence-corrected chi connectivity index (χ4v) is 0.881. The fraction of sp³-hybridized carbons (Fsp3) is 0.333. The molecule has 1 amide bonds. The molecular formula is C9H13N3O. The van der Waals surface area contributed by atoms with Gasteiger partial charge in [-0.15, -0.1) is 0 Å². The van der Waals surface area contributed by atoms with Crippen LogP contribution in [0.4, 0.5) is 0 Å². The molecule has 4 nitrogen and oxygen atoms in total. The molecule has 0 fully saturated rings. The average molecular weight is 179 g/mol. The highest BCUT2D eigenvalue weighted by Gasteiger charge is 1.94. The predicted octanol–water partition coefficient (Wildman–Crippen LogP) is 1.26. The van der Waals surface area contributed by atoms with E-state index < -0.39 is 0 Å². The minimum absolute atomic E-state index is 0.0506. The third-order valence-electron chi connectivity index (χ3n) is 1.49. The van der Waals surface area contributed by atoms with E-state index in [0.29, 0.717) is 6.42 Å². The van der Waals surface area contributed by atoms with E-state index in [1.807, 2.05) is 19.1 Å². The summed E-state index contributed by atoms with van der Waals surface area (Å²) in [5.41, 5.74) is 3.30. The third-order valence-corrected chi connectivity index (χ3v) is 1.49. The number of amides is 1. The molecule has 1 aromatic heterocycles. The van der Waals surface area contributed by atoms with Crippen molar-refractivity contribution in [2.45, 2.75) is 19.8 Å². The predicted molar refractivity (Wildman–Crippen MR) is 51.4 cm³/mol. The number of carbonyl (C=O) groups is 1. The number of hydrazone groups is 1. The largest absolute Gasteiger partial charge is 0.360 e. The molecule has 0 radical (unpaired) electrons. The summed E-state index contributed by atoms with van der Waals surface area (Å²) >= 11 is 0. The quantitative estimate of drug-likeness (QED) is 0.530. The Morgan fingerprint density at radius 2 is 2.62 bits per heavy atom. The average Bonchev–Trinajstić information content (AvgIpc) is 2.57.